The summed E-state index contributed by atoms with van der Waals surface area (Å²) in [7, 11) is 0. The maximum absolute atomic E-state index is 10.9. The number of hydrogen-bond acceptors (Lipinski definition) is 4. The van der Waals surface area contributed by atoms with Gasteiger partial charge in [-0.1, -0.05) is 24.3 Å². The number of carboxylic acids is 1. The van der Waals surface area contributed by atoms with Gasteiger partial charge in [-0.25, -0.2) is 0 Å². The Kier molecular flexibility index (Phi) is 4.71. The zero-order chi connectivity index (χ0) is 17.8. The Bertz CT molecular complexity index is 967. The number of aromatic nitrogens is 1. The number of nitrogens with one attached hydrogen (secondary N) is 2. The van der Waals surface area contributed by atoms with Gasteiger partial charge in [0.15, 0.2) is 5.69 Å². The lowest BCUT2D eigenvalue weighted by Gasteiger charge is -2.01. The first kappa shape index (κ1) is 16.6. The number of carboxylic acid groups (broad SMARTS) is 1. The molecule has 0 aliphatic rings. The van der Waals surface area contributed by atoms with Gasteiger partial charge in [0.05, 0.1) is 11.9 Å². The predicted molar refractivity (Wildman–Crippen MR) is 98.5 cm³/mol. The predicted octanol–water partition coefficient (Wildman–Crippen LogP) is 3.98. The first-order valence-electron chi connectivity index (χ1n) is 7.36. The van der Waals surface area contributed by atoms with Gasteiger partial charge >= 0.3 is 5.97 Å². The molecule has 0 bridgehead atoms. The number of aromatic hydroxyl groups is 1. The molecule has 3 aromatic rings. The Balaban J connectivity index is 1.85. The molecule has 8 heteroatoms. The summed E-state index contributed by atoms with van der Waals surface area (Å²) in [4.78, 5) is 13.6. The Morgan fingerprint density at radius 3 is 2.68 bits per heavy atom. The first-order valence-corrected chi connectivity index (χ1v) is 7.77. The lowest BCUT2D eigenvalue weighted by atomic mass is 10.1. The molecule has 126 valence electrons. The van der Waals surface area contributed by atoms with E-state index in [0.29, 0.717) is 16.5 Å². The number of H-pyrrole nitrogens is 1. The first-order chi connectivity index (χ1) is 12.0. The van der Waals surface area contributed by atoms with Gasteiger partial charge in [-0.05, 0) is 42.0 Å². The SMILES string of the molecule is O=C(O)Cc1ccc2[nH]c(O)c(N=NC(=S)Nc3ccccc3)c2c1. The van der Waals surface area contributed by atoms with Crippen LogP contribution in [0.1, 0.15) is 5.56 Å². The fourth-order valence-corrected chi connectivity index (χ4v) is 2.52. The molecule has 1 heterocycles. The number of aromatic amines is 1. The second kappa shape index (κ2) is 7.10. The van der Waals surface area contributed by atoms with Crippen molar-refractivity contribution in [2.45, 2.75) is 6.42 Å². The van der Waals surface area contributed by atoms with E-state index < -0.39 is 5.97 Å². The van der Waals surface area contributed by atoms with Crippen LogP contribution in [0.3, 0.4) is 0 Å². The maximum Gasteiger partial charge on any atom is 0.307 e. The van der Waals surface area contributed by atoms with E-state index in [9.17, 15) is 9.90 Å². The van der Waals surface area contributed by atoms with Crippen molar-refractivity contribution in [3.8, 4) is 5.88 Å². The van der Waals surface area contributed by atoms with E-state index >= 15 is 0 Å². The lowest BCUT2D eigenvalue weighted by molar-refractivity contribution is -0.136. The van der Waals surface area contributed by atoms with Crippen LogP contribution in [0.2, 0.25) is 0 Å². The Labute approximate surface area is 148 Å². The minimum Gasteiger partial charge on any atom is -0.493 e. The van der Waals surface area contributed by atoms with Crippen molar-refractivity contribution < 1.29 is 15.0 Å². The van der Waals surface area contributed by atoms with Gasteiger partial charge in [0.25, 0.3) is 0 Å². The number of anilines is 1. The van der Waals surface area contributed by atoms with Gasteiger partial charge in [-0.15, -0.1) is 10.2 Å². The standard InChI is InChI=1S/C17H14N4O3S/c22-14(23)9-10-6-7-13-12(8-10)15(16(24)19-13)20-21-17(25)18-11-4-2-1-3-5-11/h1-8,19,24H,9H2,(H,18,25)(H,22,23). The summed E-state index contributed by atoms with van der Waals surface area (Å²) in [5.41, 5.74) is 2.21. The van der Waals surface area contributed by atoms with Crippen LogP contribution in [0.15, 0.2) is 58.8 Å². The molecule has 0 saturated heterocycles. The van der Waals surface area contributed by atoms with E-state index in [1.807, 2.05) is 30.3 Å². The van der Waals surface area contributed by atoms with Crippen LogP contribution in [-0.4, -0.2) is 26.3 Å². The third-order valence-electron chi connectivity index (χ3n) is 3.44. The third kappa shape index (κ3) is 3.99. The maximum atomic E-state index is 10.9. The number of aliphatic carboxylic acids is 1. The number of rotatable bonds is 4. The summed E-state index contributed by atoms with van der Waals surface area (Å²) in [6.07, 6.45) is -0.119. The van der Waals surface area contributed by atoms with Crippen LogP contribution in [-0.2, 0) is 11.2 Å². The van der Waals surface area contributed by atoms with Crippen molar-refractivity contribution in [1.29, 1.82) is 0 Å². The molecule has 4 N–H and O–H groups in total. The molecule has 2 aromatic carbocycles. The normalized spacial score (nSPS) is 11.0. The van der Waals surface area contributed by atoms with Crippen molar-refractivity contribution in [2.24, 2.45) is 10.2 Å². The van der Waals surface area contributed by atoms with Crippen LogP contribution in [0.25, 0.3) is 10.9 Å². The van der Waals surface area contributed by atoms with Crippen LogP contribution in [0.4, 0.5) is 11.4 Å². The number of thiocarbonyl (C=S) groups is 1. The van der Waals surface area contributed by atoms with Crippen LogP contribution >= 0.6 is 12.2 Å². The number of nitrogens with zero attached hydrogens (tertiary/aromatic N) is 2. The topological polar surface area (TPSA) is 110 Å². The van der Waals surface area contributed by atoms with Crippen LogP contribution in [0, 0.1) is 0 Å². The number of fused-ring (bicyclic) bond motifs is 1. The molecule has 0 atom stereocenters. The van der Waals surface area contributed by atoms with Crippen molar-refractivity contribution in [3.05, 3.63) is 54.1 Å². The number of benzene rings is 2. The number of carbonyl (C=O) groups is 1. The van der Waals surface area contributed by atoms with Crippen molar-refractivity contribution in [2.75, 3.05) is 5.32 Å². The minimum atomic E-state index is -0.935. The van der Waals surface area contributed by atoms with Gasteiger partial charge in [0.1, 0.15) is 0 Å². The Morgan fingerprint density at radius 1 is 1.20 bits per heavy atom. The third-order valence-corrected chi connectivity index (χ3v) is 3.62. The molecule has 0 aliphatic carbocycles. The smallest absolute Gasteiger partial charge is 0.307 e. The molecule has 7 nitrogen and oxygen atoms in total. The average molecular weight is 354 g/mol. The molecule has 0 amide bonds. The van der Waals surface area contributed by atoms with Gasteiger partial charge in [0, 0.05) is 11.1 Å². The Morgan fingerprint density at radius 2 is 1.96 bits per heavy atom. The molecule has 0 aliphatic heterocycles. The summed E-state index contributed by atoms with van der Waals surface area (Å²) in [6.45, 7) is 0. The zero-order valence-corrected chi connectivity index (χ0v) is 13.7. The molecule has 1 aromatic heterocycles. The molecule has 0 unspecified atom stereocenters. The molecule has 0 spiro atoms. The summed E-state index contributed by atoms with van der Waals surface area (Å²) < 4.78 is 0. The summed E-state index contributed by atoms with van der Waals surface area (Å²) in [5, 5.41) is 30.5. The molecular weight excluding hydrogens is 340 g/mol. The largest absolute Gasteiger partial charge is 0.493 e. The summed E-state index contributed by atoms with van der Waals surface area (Å²) in [6, 6.07) is 14.3. The number of azo groups is 1. The highest BCUT2D eigenvalue weighted by Gasteiger charge is 2.12. The number of para-hydroxylation sites is 1. The Hall–Kier alpha value is -3.26. The highest BCUT2D eigenvalue weighted by molar-refractivity contribution is 7.80. The lowest BCUT2D eigenvalue weighted by Crippen LogP contribution is -2.04. The highest BCUT2D eigenvalue weighted by Crippen LogP contribution is 2.36. The van der Waals surface area contributed by atoms with E-state index in [0.717, 1.165) is 5.69 Å². The fraction of sp³-hybridized carbons (Fsp3) is 0.0588. The molecule has 0 saturated carbocycles. The van der Waals surface area contributed by atoms with Crippen LogP contribution < -0.4 is 5.32 Å². The van der Waals surface area contributed by atoms with Crippen molar-refractivity contribution >= 4 is 45.6 Å². The van der Waals surface area contributed by atoms with E-state index in [1.165, 1.54) is 0 Å². The highest BCUT2D eigenvalue weighted by atomic mass is 32.1. The minimum absolute atomic E-state index is 0.119. The molecule has 0 fully saturated rings. The summed E-state index contributed by atoms with van der Waals surface area (Å²) >= 11 is 5.12. The molecule has 3 rings (SSSR count). The van der Waals surface area contributed by atoms with Crippen molar-refractivity contribution in [3.63, 3.8) is 0 Å². The fourth-order valence-electron chi connectivity index (χ4n) is 2.36. The van der Waals surface area contributed by atoms with E-state index in [2.05, 4.69) is 20.5 Å². The van der Waals surface area contributed by atoms with Gasteiger partial charge < -0.3 is 20.5 Å². The van der Waals surface area contributed by atoms with Gasteiger partial charge in [-0.3, -0.25) is 4.79 Å². The monoisotopic (exact) mass is 354 g/mol. The van der Waals surface area contributed by atoms with Crippen molar-refractivity contribution in [1.82, 2.24) is 4.98 Å². The van der Waals surface area contributed by atoms with Crippen LogP contribution in [0.5, 0.6) is 5.88 Å². The number of hydrogen-bond donors (Lipinski definition) is 4. The molecular formula is C17H14N4O3S. The van der Waals surface area contributed by atoms with Gasteiger partial charge in [0.2, 0.25) is 11.0 Å². The summed E-state index contributed by atoms with van der Waals surface area (Å²) in [5.74, 6) is -1.09. The van der Waals surface area contributed by atoms with E-state index in [1.54, 1.807) is 18.2 Å². The quantitative estimate of drug-likeness (QED) is 0.418. The van der Waals surface area contributed by atoms with E-state index in [4.69, 9.17) is 17.3 Å². The molecule has 0 radical (unpaired) electrons. The molecule has 25 heavy (non-hydrogen) atoms. The second-order valence-electron chi connectivity index (χ2n) is 5.27. The zero-order valence-electron chi connectivity index (χ0n) is 12.9. The second-order valence-corrected chi connectivity index (χ2v) is 5.66. The van der Waals surface area contributed by atoms with E-state index in [-0.39, 0.29) is 23.1 Å². The average Bonchev–Trinajstić information content (AvgIpc) is 2.88. The van der Waals surface area contributed by atoms with Gasteiger partial charge in [-0.2, -0.15) is 0 Å².